The number of aromatic hydroxyl groups is 1. The van der Waals surface area contributed by atoms with Crippen molar-refractivity contribution >= 4 is 12.4 Å². The van der Waals surface area contributed by atoms with Gasteiger partial charge in [-0.1, -0.05) is 12.1 Å². The molecule has 0 aliphatic carbocycles. The highest BCUT2D eigenvalue weighted by Gasteiger charge is 2.02. The molecule has 1 aromatic rings. The molecule has 0 aliphatic rings. The molecule has 1 aromatic carbocycles. The third kappa shape index (κ3) is 1.96. The largest absolute Gasteiger partial charge is 0.508 e. The standard InChI is InChI=1S/C11H12O2/c1-8-5-6-11(13)9(2)10(8)4-3-7-12/h3-7,13H,1-2H3/b4-3+. The zero-order valence-electron chi connectivity index (χ0n) is 7.74. The minimum Gasteiger partial charge on any atom is -0.508 e. The molecule has 0 fully saturated rings. The van der Waals surface area contributed by atoms with Crippen LogP contribution < -0.4 is 0 Å². The fraction of sp³-hybridized carbons (Fsp3) is 0.182. The Morgan fingerprint density at radius 2 is 2.00 bits per heavy atom. The molecule has 0 heterocycles. The van der Waals surface area contributed by atoms with E-state index in [2.05, 4.69) is 0 Å². The molecule has 0 saturated carbocycles. The van der Waals surface area contributed by atoms with Crippen molar-refractivity contribution < 1.29 is 9.90 Å². The molecular weight excluding hydrogens is 164 g/mol. The van der Waals surface area contributed by atoms with Crippen LogP contribution in [0.5, 0.6) is 5.75 Å². The second kappa shape index (κ2) is 3.90. The summed E-state index contributed by atoms with van der Waals surface area (Å²) in [5, 5.41) is 9.40. The average molecular weight is 176 g/mol. The molecule has 68 valence electrons. The number of carbonyl (C=O) groups is 1. The maximum atomic E-state index is 10.1. The summed E-state index contributed by atoms with van der Waals surface area (Å²) in [7, 11) is 0. The van der Waals surface area contributed by atoms with Gasteiger partial charge < -0.3 is 5.11 Å². The number of phenolic OH excluding ortho intramolecular Hbond substituents is 1. The van der Waals surface area contributed by atoms with E-state index in [1.54, 1.807) is 12.1 Å². The SMILES string of the molecule is Cc1ccc(O)c(C)c1/C=C/C=O. The molecule has 0 aliphatic heterocycles. The Labute approximate surface area is 77.5 Å². The lowest BCUT2D eigenvalue weighted by atomic mass is 10.0. The van der Waals surface area contributed by atoms with Crippen molar-refractivity contribution in [2.45, 2.75) is 13.8 Å². The minimum atomic E-state index is 0.260. The second-order valence-electron chi connectivity index (χ2n) is 2.94. The number of hydrogen-bond acceptors (Lipinski definition) is 2. The van der Waals surface area contributed by atoms with Gasteiger partial charge in [-0.15, -0.1) is 0 Å². The molecule has 13 heavy (non-hydrogen) atoms. The minimum absolute atomic E-state index is 0.260. The first-order valence-corrected chi connectivity index (χ1v) is 4.08. The van der Waals surface area contributed by atoms with Gasteiger partial charge in [0.2, 0.25) is 0 Å². The molecule has 0 radical (unpaired) electrons. The fourth-order valence-corrected chi connectivity index (χ4v) is 1.24. The molecule has 2 heteroatoms. The molecule has 0 spiro atoms. The molecule has 1 rings (SSSR count). The Balaban J connectivity index is 3.25. The molecule has 0 saturated heterocycles. The predicted molar refractivity (Wildman–Crippen MR) is 52.7 cm³/mol. The molecule has 0 bridgehead atoms. The Hall–Kier alpha value is -1.57. The number of benzene rings is 1. The summed E-state index contributed by atoms with van der Waals surface area (Å²) in [4.78, 5) is 10.1. The predicted octanol–water partition coefficient (Wildman–Crippen LogP) is 2.22. The summed E-state index contributed by atoms with van der Waals surface area (Å²) in [6, 6.07) is 3.48. The van der Waals surface area contributed by atoms with Crippen molar-refractivity contribution in [2.75, 3.05) is 0 Å². The van der Waals surface area contributed by atoms with E-state index >= 15 is 0 Å². The zero-order chi connectivity index (χ0) is 9.84. The number of aldehydes is 1. The van der Waals surface area contributed by atoms with Crippen molar-refractivity contribution in [3.63, 3.8) is 0 Å². The number of allylic oxidation sites excluding steroid dienone is 1. The van der Waals surface area contributed by atoms with Crippen molar-refractivity contribution in [1.82, 2.24) is 0 Å². The number of phenols is 1. The van der Waals surface area contributed by atoms with Gasteiger partial charge in [-0.2, -0.15) is 0 Å². The van der Waals surface area contributed by atoms with E-state index in [-0.39, 0.29) is 5.75 Å². The van der Waals surface area contributed by atoms with Crippen LogP contribution in [-0.2, 0) is 4.79 Å². The lowest BCUT2D eigenvalue weighted by Crippen LogP contribution is -1.86. The highest BCUT2D eigenvalue weighted by Crippen LogP contribution is 2.23. The molecule has 0 aromatic heterocycles. The Bertz CT molecular complexity index is 351. The lowest BCUT2D eigenvalue weighted by molar-refractivity contribution is -0.104. The van der Waals surface area contributed by atoms with Crippen molar-refractivity contribution in [1.29, 1.82) is 0 Å². The fourth-order valence-electron chi connectivity index (χ4n) is 1.24. The van der Waals surface area contributed by atoms with E-state index in [0.717, 1.165) is 23.0 Å². The normalized spacial score (nSPS) is 10.6. The maximum Gasteiger partial charge on any atom is 0.142 e. The Morgan fingerprint density at radius 3 is 2.62 bits per heavy atom. The first-order chi connectivity index (χ1) is 6.16. The van der Waals surface area contributed by atoms with Crippen LogP contribution >= 0.6 is 0 Å². The maximum absolute atomic E-state index is 10.1. The molecular formula is C11H12O2. The van der Waals surface area contributed by atoms with Crippen LogP contribution in [0.15, 0.2) is 18.2 Å². The summed E-state index contributed by atoms with van der Waals surface area (Å²) in [5.74, 6) is 0.260. The van der Waals surface area contributed by atoms with Gasteiger partial charge in [0.15, 0.2) is 0 Å². The third-order valence-electron chi connectivity index (χ3n) is 2.05. The van der Waals surface area contributed by atoms with Crippen LogP contribution in [0.4, 0.5) is 0 Å². The van der Waals surface area contributed by atoms with Gasteiger partial charge in [0.05, 0.1) is 0 Å². The highest BCUT2D eigenvalue weighted by atomic mass is 16.3. The van der Waals surface area contributed by atoms with E-state index in [9.17, 15) is 9.90 Å². The van der Waals surface area contributed by atoms with Crippen molar-refractivity contribution in [2.24, 2.45) is 0 Å². The van der Waals surface area contributed by atoms with E-state index in [1.165, 1.54) is 6.08 Å². The third-order valence-corrected chi connectivity index (χ3v) is 2.05. The van der Waals surface area contributed by atoms with E-state index in [4.69, 9.17) is 0 Å². The van der Waals surface area contributed by atoms with Gasteiger partial charge in [-0.05, 0) is 42.7 Å². The summed E-state index contributed by atoms with van der Waals surface area (Å²) in [6.45, 7) is 3.77. The molecule has 2 nitrogen and oxygen atoms in total. The van der Waals surface area contributed by atoms with Crippen LogP contribution in [0.25, 0.3) is 6.08 Å². The number of aryl methyl sites for hydroxylation is 1. The summed E-state index contributed by atoms with van der Waals surface area (Å²) in [6.07, 6.45) is 3.86. The second-order valence-corrected chi connectivity index (χ2v) is 2.94. The van der Waals surface area contributed by atoms with Crippen LogP contribution in [-0.4, -0.2) is 11.4 Å². The van der Waals surface area contributed by atoms with Crippen molar-refractivity contribution in [3.8, 4) is 5.75 Å². The van der Waals surface area contributed by atoms with Gasteiger partial charge in [-0.25, -0.2) is 0 Å². The van der Waals surface area contributed by atoms with Gasteiger partial charge in [0.25, 0.3) is 0 Å². The Kier molecular flexibility index (Phi) is 2.85. The first-order valence-electron chi connectivity index (χ1n) is 4.08. The van der Waals surface area contributed by atoms with Gasteiger partial charge in [0, 0.05) is 0 Å². The van der Waals surface area contributed by atoms with Crippen LogP contribution in [0.2, 0.25) is 0 Å². The summed E-state index contributed by atoms with van der Waals surface area (Å²) in [5.41, 5.74) is 2.76. The van der Waals surface area contributed by atoms with Crippen LogP contribution in [0.1, 0.15) is 16.7 Å². The van der Waals surface area contributed by atoms with E-state index in [0.29, 0.717) is 0 Å². The van der Waals surface area contributed by atoms with Gasteiger partial charge in [-0.3, -0.25) is 4.79 Å². The van der Waals surface area contributed by atoms with Crippen LogP contribution in [0, 0.1) is 13.8 Å². The van der Waals surface area contributed by atoms with E-state index in [1.807, 2.05) is 19.9 Å². The first kappa shape index (κ1) is 9.52. The monoisotopic (exact) mass is 176 g/mol. The quantitative estimate of drug-likeness (QED) is 0.554. The molecule has 1 N–H and O–H groups in total. The number of carbonyl (C=O) groups excluding carboxylic acids is 1. The highest BCUT2D eigenvalue weighted by molar-refractivity contribution is 5.76. The molecule has 0 amide bonds. The van der Waals surface area contributed by atoms with Crippen molar-refractivity contribution in [3.05, 3.63) is 34.9 Å². The van der Waals surface area contributed by atoms with Crippen LogP contribution in [0.3, 0.4) is 0 Å². The zero-order valence-corrected chi connectivity index (χ0v) is 7.74. The molecule has 0 atom stereocenters. The lowest BCUT2D eigenvalue weighted by Gasteiger charge is -2.06. The smallest absolute Gasteiger partial charge is 0.142 e. The van der Waals surface area contributed by atoms with E-state index < -0.39 is 0 Å². The number of rotatable bonds is 2. The summed E-state index contributed by atoms with van der Waals surface area (Å²) < 4.78 is 0. The molecule has 0 unspecified atom stereocenters. The van der Waals surface area contributed by atoms with Gasteiger partial charge >= 0.3 is 0 Å². The topological polar surface area (TPSA) is 37.3 Å². The number of hydrogen-bond donors (Lipinski definition) is 1. The van der Waals surface area contributed by atoms with Gasteiger partial charge in [0.1, 0.15) is 12.0 Å². The summed E-state index contributed by atoms with van der Waals surface area (Å²) >= 11 is 0. The average Bonchev–Trinajstić information content (AvgIpc) is 2.12. The Morgan fingerprint density at radius 1 is 1.31 bits per heavy atom.